The number of nitrogens with zero attached hydrogens (tertiary/aromatic N) is 3. The van der Waals surface area contributed by atoms with Gasteiger partial charge in [-0.2, -0.15) is 0 Å². The van der Waals surface area contributed by atoms with E-state index in [0.717, 1.165) is 29.8 Å². The van der Waals surface area contributed by atoms with Crippen molar-refractivity contribution in [3.63, 3.8) is 0 Å². The van der Waals surface area contributed by atoms with Crippen molar-refractivity contribution in [3.8, 4) is 5.75 Å². The molecule has 158 valence electrons. The molecule has 3 aromatic rings. The van der Waals surface area contributed by atoms with Gasteiger partial charge >= 0.3 is 6.03 Å². The number of hydrogen-bond donors (Lipinski definition) is 2. The van der Waals surface area contributed by atoms with Crippen molar-refractivity contribution in [1.82, 2.24) is 19.9 Å². The topological polar surface area (TPSA) is 81.1 Å². The SMILES string of the molecule is CCOc1ccccc1NC(=O)NCCc1nc2cccnc2n1C1CCCCC1. The summed E-state index contributed by atoms with van der Waals surface area (Å²) < 4.78 is 7.87. The second-order valence-electron chi connectivity index (χ2n) is 7.60. The molecule has 2 N–H and O–H groups in total. The van der Waals surface area contributed by atoms with Crippen LogP contribution in [0.15, 0.2) is 42.6 Å². The van der Waals surface area contributed by atoms with E-state index >= 15 is 0 Å². The zero-order valence-electron chi connectivity index (χ0n) is 17.4. The number of imidazole rings is 1. The summed E-state index contributed by atoms with van der Waals surface area (Å²) in [4.78, 5) is 21.8. The molecule has 2 amide bonds. The molecule has 1 saturated carbocycles. The predicted molar refractivity (Wildman–Crippen MR) is 118 cm³/mol. The highest BCUT2D eigenvalue weighted by molar-refractivity contribution is 5.90. The smallest absolute Gasteiger partial charge is 0.319 e. The van der Waals surface area contributed by atoms with Gasteiger partial charge in [-0.25, -0.2) is 14.8 Å². The standard InChI is InChI=1S/C23H29N5O2/c1-2-30-20-13-7-6-11-18(20)27-23(29)25-16-14-21-26-19-12-8-15-24-22(19)28(21)17-9-4-3-5-10-17/h6-8,11-13,15,17H,2-5,9-10,14,16H2,1H3,(H2,25,27,29). The fraction of sp³-hybridized carbons (Fsp3) is 0.435. The van der Waals surface area contributed by atoms with Crippen LogP contribution in [0.5, 0.6) is 5.75 Å². The van der Waals surface area contributed by atoms with E-state index < -0.39 is 0 Å². The Bertz CT molecular complexity index is 994. The number of carbonyl (C=O) groups is 1. The molecule has 0 spiro atoms. The average molecular weight is 408 g/mol. The van der Waals surface area contributed by atoms with E-state index in [1.54, 1.807) is 0 Å². The van der Waals surface area contributed by atoms with Crippen molar-refractivity contribution in [2.75, 3.05) is 18.5 Å². The van der Waals surface area contributed by atoms with Crippen molar-refractivity contribution < 1.29 is 9.53 Å². The number of para-hydroxylation sites is 2. The molecule has 2 aromatic heterocycles. The number of amides is 2. The van der Waals surface area contributed by atoms with Gasteiger partial charge in [-0.3, -0.25) is 0 Å². The molecule has 0 saturated heterocycles. The number of carbonyl (C=O) groups excluding carboxylic acids is 1. The Morgan fingerprint density at radius 1 is 1.17 bits per heavy atom. The number of aromatic nitrogens is 3. The first-order valence-corrected chi connectivity index (χ1v) is 10.8. The van der Waals surface area contributed by atoms with Gasteiger partial charge in [-0.1, -0.05) is 31.4 Å². The van der Waals surface area contributed by atoms with Gasteiger partial charge in [0.2, 0.25) is 0 Å². The molecule has 0 atom stereocenters. The molecule has 0 bridgehead atoms. The number of urea groups is 1. The van der Waals surface area contributed by atoms with Crippen molar-refractivity contribution in [2.24, 2.45) is 0 Å². The van der Waals surface area contributed by atoms with Crippen molar-refractivity contribution in [1.29, 1.82) is 0 Å². The van der Waals surface area contributed by atoms with Gasteiger partial charge in [0.25, 0.3) is 0 Å². The maximum atomic E-state index is 12.4. The highest BCUT2D eigenvalue weighted by Gasteiger charge is 2.22. The summed E-state index contributed by atoms with van der Waals surface area (Å²) >= 11 is 0. The van der Waals surface area contributed by atoms with Gasteiger partial charge < -0.3 is 19.9 Å². The summed E-state index contributed by atoms with van der Waals surface area (Å²) in [6, 6.07) is 11.6. The quantitative estimate of drug-likeness (QED) is 0.595. The van der Waals surface area contributed by atoms with Crippen LogP contribution in [0.3, 0.4) is 0 Å². The van der Waals surface area contributed by atoms with Crippen LogP contribution < -0.4 is 15.4 Å². The molecule has 0 aliphatic heterocycles. The van der Waals surface area contributed by atoms with Crippen LogP contribution in [0.2, 0.25) is 0 Å². The molecule has 7 nitrogen and oxygen atoms in total. The van der Waals surface area contributed by atoms with Crippen molar-refractivity contribution >= 4 is 22.9 Å². The molecule has 30 heavy (non-hydrogen) atoms. The number of nitrogens with one attached hydrogen (secondary N) is 2. The first-order chi connectivity index (χ1) is 14.8. The summed E-state index contributed by atoms with van der Waals surface area (Å²) in [6.45, 7) is 2.97. The fourth-order valence-corrected chi connectivity index (χ4v) is 4.18. The number of rotatable bonds is 7. The highest BCUT2D eigenvalue weighted by atomic mass is 16.5. The predicted octanol–water partition coefficient (Wildman–Crippen LogP) is 4.70. The monoisotopic (exact) mass is 407 g/mol. The molecule has 0 radical (unpaired) electrons. The number of hydrogen-bond acceptors (Lipinski definition) is 4. The second kappa shape index (κ2) is 9.61. The van der Waals surface area contributed by atoms with Crippen LogP contribution in [0.4, 0.5) is 10.5 Å². The Labute approximate surface area is 176 Å². The van der Waals surface area contributed by atoms with E-state index in [1.165, 1.54) is 19.3 Å². The number of pyridine rings is 1. The maximum Gasteiger partial charge on any atom is 0.319 e. The first-order valence-electron chi connectivity index (χ1n) is 10.8. The molecule has 2 heterocycles. The third-order valence-electron chi connectivity index (χ3n) is 5.53. The zero-order valence-corrected chi connectivity index (χ0v) is 17.4. The van der Waals surface area contributed by atoms with Gasteiger partial charge in [-0.15, -0.1) is 0 Å². The van der Waals surface area contributed by atoms with E-state index in [9.17, 15) is 4.79 Å². The number of anilines is 1. The van der Waals surface area contributed by atoms with E-state index in [4.69, 9.17) is 9.72 Å². The van der Waals surface area contributed by atoms with Crippen molar-refractivity contribution in [3.05, 3.63) is 48.4 Å². The van der Waals surface area contributed by atoms with Gasteiger partial charge in [0.05, 0.1) is 12.3 Å². The van der Waals surface area contributed by atoms with Crippen LogP contribution in [0.25, 0.3) is 11.2 Å². The summed E-state index contributed by atoms with van der Waals surface area (Å²) in [5.41, 5.74) is 2.54. The minimum atomic E-state index is -0.249. The van der Waals surface area contributed by atoms with E-state index in [-0.39, 0.29) is 6.03 Å². The van der Waals surface area contributed by atoms with Gasteiger partial charge in [0.15, 0.2) is 5.65 Å². The number of fused-ring (bicyclic) bond motifs is 1. The van der Waals surface area contributed by atoms with Crippen LogP contribution in [-0.2, 0) is 6.42 Å². The minimum Gasteiger partial charge on any atom is -0.492 e. The molecule has 1 fully saturated rings. The van der Waals surface area contributed by atoms with Gasteiger partial charge in [0, 0.05) is 25.2 Å². The van der Waals surface area contributed by atoms with Crippen LogP contribution in [0, 0.1) is 0 Å². The van der Waals surface area contributed by atoms with Gasteiger partial charge in [0.1, 0.15) is 17.1 Å². The highest BCUT2D eigenvalue weighted by Crippen LogP contribution is 2.32. The Morgan fingerprint density at radius 3 is 2.83 bits per heavy atom. The minimum absolute atomic E-state index is 0.249. The van der Waals surface area contributed by atoms with E-state index in [0.29, 0.717) is 37.1 Å². The molecule has 7 heteroatoms. The molecule has 1 aliphatic rings. The summed E-state index contributed by atoms with van der Waals surface area (Å²) in [5, 5.41) is 5.82. The normalized spacial score (nSPS) is 14.6. The summed E-state index contributed by atoms with van der Waals surface area (Å²) in [6.07, 6.45) is 8.61. The van der Waals surface area contributed by atoms with Crippen molar-refractivity contribution in [2.45, 2.75) is 51.5 Å². The lowest BCUT2D eigenvalue weighted by Crippen LogP contribution is -2.31. The first kappa shape index (κ1) is 20.2. The molecule has 0 unspecified atom stereocenters. The summed E-state index contributed by atoms with van der Waals surface area (Å²) in [7, 11) is 0. The van der Waals surface area contributed by atoms with E-state index in [2.05, 4.69) is 20.2 Å². The molecule has 4 rings (SSSR count). The fourth-order valence-electron chi connectivity index (χ4n) is 4.18. The van der Waals surface area contributed by atoms with E-state index in [1.807, 2.05) is 49.5 Å². The third kappa shape index (κ3) is 4.56. The summed E-state index contributed by atoms with van der Waals surface area (Å²) in [5.74, 6) is 1.66. The van der Waals surface area contributed by atoms with Crippen LogP contribution in [0.1, 0.15) is 50.9 Å². The average Bonchev–Trinajstić information content (AvgIpc) is 3.14. The molecular formula is C23H29N5O2. The Hall–Kier alpha value is -3.09. The Kier molecular flexibility index (Phi) is 6.47. The molecule has 1 aliphatic carbocycles. The lowest BCUT2D eigenvalue weighted by Gasteiger charge is -2.25. The Balaban J connectivity index is 1.42. The number of benzene rings is 1. The third-order valence-corrected chi connectivity index (χ3v) is 5.53. The molecular weight excluding hydrogens is 378 g/mol. The second-order valence-corrected chi connectivity index (χ2v) is 7.60. The van der Waals surface area contributed by atoms with Crippen LogP contribution >= 0.6 is 0 Å². The van der Waals surface area contributed by atoms with Gasteiger partial charge in [-0.05, 0) is 44.0 Å². The Morgan fingerprint density at radius 2 is 2.00 bits per heavy atom. The largest absolute Gasteiger partial charge is 0.492 e. The zero-order chi connectivity index (χ0) is 20.8. The number of ether oxygens (including phenoxy) is 1. The molecule has 1 aromatic carbocycles. The van der Waals surface area contributed by atoms with Crippen LogP contribution in [-0.4, -0.2) is 33.7 Å². The lowest BCUT2D eigenvalue weighted by molar-refractivity contribution is 0.252. The maximum absolute atomic E-state index is 12.4. The lowest BCUT2D eigenvalue weighted by atomic mass is 9.95.